The van der Waals surface area contributed by atoms with E-state index in [4.69, 9.17) is 17.8 Å². The molecule has 0 aliphatic carbocycles. The summed E-state index contributed by atoms with van der Waals surface area (Å²) >= 11 is -3.42. The van der Waals surface area contributed by atoms with Crippen molar-refractivity contribution in [3.8, 4) is 0 Å². The van der Waals surface area contributed by atoms with Crippen molar-refractivity contribution in [2.24, 2.45) is 0 Å². The maximum atomic E-state index is 11.2. The molecule has 0 aliphatic rings. The highest BCUT2D eigenvalue weighted by Gasteiger charge is 2.74. The Morgan fingerprint density at radius 2 is 1.00 bits per heavy atom. The molecule has 1 atom stereocenters. The monoisotopic (exact) mass is 404 g/mol. The van der Waals surface area contributed by atoms with Crippen molar-refractivity contribution < 1.29 is 68.9 Å². The third-order valence-electron chi connectivity index (χ3n) is 0.838. The summed E-state index contributed by atoms with van der Waals surface area (Å²) in [6.45, 7) is 0. The summed E-state index contributed by atoms with van der Waals surface area (Å²) < 4.78 is 154. The van der Waals surface area contributed by atoms with Gasteiger partial charge in [-0.25, -0.2) is 0 Å². The van der Waals surface area contributed by atoms with Gasteiger partial charge < -0.3 is 4.55 Å². The van der Waals surface area contributed by atoms with Crippen LogP contribution >= 0.6 is 0 Å². The maximum absolute atomic E-state index is 11.2. The average molecular weight is 404 g/mol. The van der Waals surface area contributed by atoms with Crippen LogP contribution in [0.2, 0.25) is 0 Å². The van der Waals surface area contributed by atoms with Gasteiger partial charge >= 0.3 is 34.3 Å². The van der Waals surface area contributed by atoms with Gasteiger partial charge in [-0.1, -0.05) is 7.77 Å². The standard InChI is InChI=1S/C3F8.CF2O2S.F2O2S/c4-1(5,2(6,7)8)3(9,10)11;2-1(4)6(3)5;1-5(2,3)4. The minimum absolute atomic E-state index is 2.44. The predicted octanol–water partition coefficient (Wildman–Crippen LogP) is 3.63. The van der Waals surface area contributed by atoms with Gasteiger partial charge in [-0.05, 0) is 0 Å². The van der Waals surface area contributed by atoms with Crippen molar-refractivity contribution in [3.05, 3.63) is 0 Å². The third-order valence-corrected chi connectivity index (χ3v) is 1.09. The number of rotatable bonds is 0. The van der Waals surface area contributed by atoms with Crippen molar-refractivity contribution >= 4 is 27.5 Å². The number of hydrogen-bond donors (Lipinski definition) is 0. The van der Waals surface area contributed by atoms with Crippen molar-refractivity contribution in [2.45, 2.75) is 18.3 Å². The van der Waals surface area contributed by atoms with Crippen LogP contribution in [0.25, 0.3) is 0 Å². The van der Waals surface area contributed by atoms with Crippen molar-refractivity contribution in [3.63, 3.8) is 0 Å². The van der Waals surface area contributed by atoms with Gasteiger partial charge in [-0.3, -0.25) is 0 Å². The fraction of sp³-hybridized carbons (Fsp3) is 0.750. The van der Waals surface area contributed by atoms with Gasteiger partial charge in [0.2, 0.25) is 0 Å². The zero-order valence-electron chi connectivity index (χ0n) is 8.99. The van der Waals surface area contributed by atoms with Crippen LogP contribution in [0.3, 0.4) is 0 Å². The first-order valence-electron chi connectivity index (χ1n) is 3.57. The predicted molar refractivity (Wildman–Crippen MR) is 43.9 cm³/mol. The van der Waals surface area contributed by atoms with Gasteiger partial charge in [0.15, 0.2) is 0 Å². The highest BCUT2D eigenvalue weighted by Crippen LogP contribution is 2.46. The zero-order chi connectivity index (χ0) is 19.2. The number of carbonyl (C=O) groups excluding carboxylic acids is 1. The highest BCUT2D eigenvalue weighted by molar-refractivity contribution is 8.01. The Hall–Kier alpha value is -0.910. The summed E-state index contributed by atoms with van der Waals surface area (Å²) in [5.74, 6) is -6.62. The first-order valence-corrected chi connectivity index (χ1v) is 5.91. The molecule has 0 bridgehead atoms. The Morgan fingerprint density at radius 1 is 0.864 bits per heavy atom. The minimum Gasteiger partial charge on any atom is -0.570 e. The third kappa shape index (κ3) is 14.0. The molecule has 4 nitrogen and oxygen atoms in total. The number of carbonyl (C=O) groups is 1. The summed E-state index contributed by atoms with van der Waals surface area (Å²) in [6, 6.07) is 0. The molecule has 0 aromatic rings. The van der Waals surface area contributed by atoms with Crippen molar-refractivity contribution in [2.75, 3.05) is 0 Å². The highest BCUT2D eigenvalue weighted by atomic mass is 32.3. The molecule has 0 N–H and O–H groups in total. The van der Waals surface area contributed by atoms with Gasteiger partial charge in [-0.2, -0.15) is 48.3 Å². The summed E-state index contributed by atoms with van der Waals surface area (Å²) in [5.41, 5.74) is 0. The lowest BCUT2D eigenvalue weighted by molar-refractivity contribution is -0.389. The molecular weight excluding hydrogens is 404 g/mol. The number of hydrogen-bond acceptors (Lipinski definition) is 4. The lowest BCUT2D eigenvalue weighted by Crippen LogP contribution is -2.49. The van der Waals surface area contributed by atoms with Crippen LogP contribution in [0, 0.1) is 0 Å². The van der Waals surface area contributed by atoms with E-state index < -0.39 is 45.8 Å². The second kappa shape index (κ2) is 8.65. The van der Waals surface area contributed by atoms with Crippen LogP contribution in [-0.4, -0.2) is 36.6 Å². The molecule has 0 rings (SSSR count). The lowest BCUT2D eigenvalue weighted by atomic mass is 10.3. The summed E-state index contributed by atoms with van der Waals surface area (Å²) in [4.78, 5) is 8.80. The fourth-order valence-corrected chi connectivity index (χ4v) is 0.161. The number of alkyl halides is 8. The molecule has 22 heavy (non-hydrogen) atoms. The average Bonchev–Trinajstić information content (AvgIpc) is 2.11. The van der Waals surface area contributed by atoms with E-state index >= 15 is 0 Å². The molecule has 0 radical (unpaired) electrons. The van der Waals surface area contributed by atoms with E-state index in [9.17, 15) is 51.2 Å². The normalized spacial score (nSPS) is 14.0. The van der Waals surface area contributed by atoms with E-state index in [2.05, 4.69) is 0 Å². The molecule has 136 valence electrons. The quantitative estimate of drug-likeness (QED) is 0.351. The number of halogens is 12. The molecule has 0 saturated carbocycles. The fourth-order valence-electron chi connectivity index (χ4n) is 0.161. The van der Waals surface area contributed by atoms with Gasteiger partial charge in [0.05, 0.1) is 0 Å². The van der Waals surface area contributed by atoms with E-state index in [1.807, 2.05) is 0 Å². The van der Waals surface area contributed by atoms with Crippen LogP contribution in [0.15, 0.2) is 0 Å². The van der Waals surface area contributed by atoms with E-state index in [0.29, 0.717) is 0 Å². The first-order chi connectivity index (χ1) is 9.14. The summed E-state index contributed by atoms with van der Waals surface area (Å²) in [6.07, 6.45) is -13.2. The van der Waals surface area contributed by atoms with Crippen LogP contribution in [0.1, 0.15) is 0 Å². The molecular formula is C4F12O4S2. The van der Waals surface area contributed by atoms with E-state index in [1.165, 1.54) is 0 Å². The van der Waals surface area contributed by atoms with Gasteiger partial charge in [0.1, 0.15) is 0 Å². The Balaban J connectivity index is -0.000000277. The van der Waals surface area contributed by atoms with Gasteiger partial charge in [0.25, 0.3) is 11.6 Å². The molecule has 18 heteroatoms. The smallest absolute Gasteiger partial charge is 0.556 e. The van der Waals surface area contributed by atoms with Crippen LogP contribution in [-0.2, 0) is 22.2 Å². The molecule has 0 aliphatic heterocycles. The van der Waals surface area contributed by atoms with Gasteiger partial charge in [-0.15, -0.1) is 4.39 Å². The molecule has 0 saturated heterocycles. The van der Waals surface area contributed by atoms with E-state index in [0.717, 1.165) is 0 Å². The molecule has 0 fully saturated rings. The largest absolute Gasteiger partial charge is 0.570 e. The second-order valence-corrected chi connectivity index (χ2v) is 3.93. The SMILES string of the molecule is FC(F)(F)C(F)(F)C(F)(F)F.O=C(F)[S+]([O-])F.O=S(=O)(F)F. The van der Waals surface area contributed by atoms with Gasteiger partial charge in [0, 0.05) is 3.89 Å². The lowest BCUT2D eigenvalue weighted by Gasteiger charge is -2.21. The summed E-state index contributed by atoms with van der Waals surface area (Å²) in [5, 5.41) is -2.44. The molecule has 0 heterocycles. The molecule has 0 spiro atoms. The minimum atomic E-state index is -6.62. The van der Waals surface area contributed by atoms with Crippen molar-refractivity contribution in [1.29, 1.82) is 0 Å². The molecule has 0 aromatic heterocycles. The Morgan fingerprint density at radius 3 is 1.00 bits per heavy atom. The molecule has 0 aromatic carbocycles. The second-order valence-electron chi connectivity index (χ2n) is 2.41. The topological polar surface area (TPSA) is 74.3 Å². The first kappa shape index (κ1) is 26.0. The van der Waals surface area contributed by atoms with Crippen LogP contribution < -0.4 is 0 Å². The van der Waals surface area contributed by atoms with E-state index in [-0.39, 0.29) is 0 Å². The van der Waals surface area contributed by atoms with E-state index in [1.54, 1.807) is 0 Å². The van der Waals surface area contributed by atoms with Crippen molar-refractivity contribution in [1.82, 2.24) is 0 Å². The Bertz CT molecular complexity index is 411. The Labute approximate surface area is 116 Å². The zero-order valence-corrected chi connectivity index (χ0v) is 10.6. The maximum Gasteiger partial charge on any atom is 0.556 e. The van der Waals surface area contributed by atoms with Crippen LogP contribution in [0.4, 0.5) is 56.0 Å². The Kier molecular flexibility index (Phi) is 10.2. The molecule has 0 amide bonds. The summed E-state index contributed by atoms with van der Waals surface area (Å²) in [7, 11) is -5.67. The van der Waals surface area contributed by atoms with Crippen LogP contribution in [0.5, 0.6) is 0 Å². The molecule has 1 unspecified atom stereocenters.